The summed E-state index contributed by atoms with van der Waals surface area (Å²) in [6.45, 7) is 3.15. The van der Waals surface area contributed by atoms with E-state index in [0.29, 0.717) is 29.1 Å². The minimum Gasteiger partial charge on any atom is -0.495 e. The summed E-state index contributed by atoms with van der Waals surface area (Å²) in [4.78, 5) is 39.8. The Hall–Kier alpha value is -4.57. The summed E-state index contributed by atoms with van der Waals surface area (Å²) in [6.07, 6.45) is -3.02. The molecule has 0 radical (unpaired) electrons. The van der Waals surface area contributed by atoms with E-state index in [4.69, 9.17) is 4.74 Å². The number of benzene rings is 2. The molecule has 2 amide bonds. The Morgan fingerprint density at radius 2 is 1.76 bits per heavy atom. The van der Waals surface area contributed by atoms with Crippen LogP contribution in [0.2, 0.25) is 0 Å². The predicted molar refractivity (Wildman–Crippen MR) is 176 cm³/mol. The van der Waals surface area contributed by atoms with Gasteiger partial charge in [-0.25, -0.2) is 13.8 Å². The van der Waals surface area contributed by atoms with Crippen LogP contribution in [0.5, 0.6) is 5.75 Å². The van der Waals surface area contributed by atoms with Crippen molar-refractivity contribution in [1.29, 1.82) is 0 Å². The number of carbonyl (C=O) groups excluding carboxylic acids is 2. The number of nitrogens with one attached hydrogen (secondary N) is 3. The van der Waals surface area contributed by atoms with Gasteiger partial charge in [-0.2, -0.15) is 18.2 Å². The van der Waals surface area contributed by atoms with Crippen LogP contribution in [0.25, 0.3) is 0 Å². The zero-order chi connectivity index (χ0) is 35.6. The molecular weight excluding hydrogens is 663 g/mol. The Labute approximate surface area is 286 Å². The summed E-state index contributed by atoms with van der Waals surface area (Å²) in [5.41, 5.74) is -0.184. The fraction of sp³-hybridized carbons (Fsp3) is 0.471. The van der Waals surface area contributed by atoms with E-state index < -0.39 is 36.4 Å². The largest absolute Gasteiger partial charge is 0.495 e. The zero-order valence-corrected chi connectivity index (χ0v) is 27.7. The first kappa shape index (κ1) is 35.3. The zero-order valence-electron chi connectivity index (χ0n) is 27.7. The topological polar surface area (TPSA) is 115 Å². The molecule has 0 bridgehead atoms. The summed E-state index contributed by atoms with van der Waals surface area (Å²) < 4.78 is 73.6. The number of rotatable bonds is 10. The van der Waals surface area contributed by atoms with Crippen molar-refractivity contribution in [2.45, 2.75) is 56.9 Å². The summed E-state index contributed by atoms with van der Waals surface area (Å²) in [5, 5.41) is 8.56. The minimum atomic E-state index is -4.86. The van der Waals surface area contributed by atoms with Gasteiger partial charge in [0.15, 0.2) is 0 Å². The molecule has 3 N–H and O–H groups in total. The number of likely N-dealkylation sites (tertiary alicyclic amines) is 2. The number of anilines is 4. The molecule has 0 unspecified atom stereocenters. The maximum Gasteiger partial charge on any atom is 0.421 e. The normalized spacial score (nSPS) is 18.0. The second-order valence-electron chi connectivity index (χ2n) is 12.9. The van der Waals surface area contributed by atoms with Crippen molar-refractivity contribution < 1.29 is 36.3 Å². The van der Waals surface area contributed by atoms with E-state index in [0.717, 1.165) is 56.8 Å². The maximum atomic E-state index is 14.0. The molecule has 2 fully saturated rings. The third-order valence-corrected chi connectivity index (χ3v) is 9.50. The third-order valence-electron chi connectivity index (χ3n) is 9.50. The second-order valence-corrected chi connectivity index (χ2v) is 12.9. The van der Waals surface area contributed by atoms with Crippen LogP contribution in [-0.4, -0.2) is 102 Å². The number of halogens is 5. The highest BCUT2D eigenvalue weighted by Crippen LogP contribution is 2.38. The Kier molecular flexibility index (Phi) is 10.4. The van der Waals surface area contributed by atoms with Gasteiger partial charge in [0.25, 0.3) is 18.2 Å². The highest BCUT2D eigenvalue weighted by Gasteiger charge is 2.37. The van der Waals surface area contributed by atoms with Gasteiger partial charge < -0.3 is 35.4 Å². The lowest BCUT2D eigenvalue weighted by Crippen LogP contribution is -2.50. The summed E-state index contributed by atoms with van der Waals surface area (Å²) in [6, 6.07) is 9.71. The van der Waals surface area contributed by atoms with Crippen LogP contribution in [0.15, 0.2) is 42.6 Å². The molecule has 6 rings (SSSR count). The number of aromatic nitrogens is 2. The predicted octanol–water partition coefficient (Wildman–Crippen LogP) is 5.50. The number of methoxy groups -OCH3 is 1. The molecule has 3 aliphatic heterocycles. The van der Waals surface area contributed by atoms with Gasteiger partial charge in [-0.3, -0.25) is 9.59 Å². The number of nitrogens with zero attached hydrogens (tertiary/aromatic N) is 5. The molecule has 0 atom stereocenters. The van der Waals surface area contributed by atoms with Crippen LogP contribution in [0.3, 0.4) is 0 Å². The number of piperidine rings is 2. The lowest BCUT2D eigenvalue weighted by atomic mass is 9.98. The van der Waals surface area contributed by atoms with Crippen LogP contribution < -0.4 is 20.7 Å². The van der Waals surface area contributed by atoms with Crippen molar-refractivity contribution in [3.63, 3.8) is 0 Å². The Balaban J connectivity index is 1.15. The van der Waals surface area contributed by atoms with Crippen LogP contribution in [0, 0.1) is 0 Å². The monoisotopic (exact) mass is 702 g/mol. The fourth-order valence-corrected chi connectivity index (χ4v) is 6.80. The van der Waals surface area contributed by atoms with Crippen molar-refractivity contribution >= 4 is 35.0 Å². The van der Waals surface area contributed by atoms with Gasteiger partial charge in [0, 0.05) is 43.5 Å². The molecule has 16 heteroatoms. The van der Waals surface area contributed by atoms with E-state index >= 15 is 0 Å². The van der Waals surface area contributed by atoms with E-state index in [1.54, 1.807) is 18.2 Å². The summed E-state index contributed by atoms with van der Waals surface area (Å²) >= 11 is 0. The van der Waals surface area contributed by atoms with Crippen LogP contribution in [0.4, 0.5) is 45.1 Å². The number of ether oxygens (including phenoxy) is 1. The number of amides is 2. The molecule has 11 nitrogen and oxygen atoms in total. The molecule has 2 saturated heterocycles. The Bertz CT molecular complexity index is 1710. The highest BCUT2D eigenvalue weighted by molar-refractivity contribution is 6.04. The van der Waals surface area contributed by atoms with E-state index in [1.807, 2.05) is 0 Å². The highest BCUT2D eigenvalue weighted by atomic mass is 19.4. The van der Waals surface area contributed by atoms with Gasteiger partial charge in [-0.15, -0.1) is 0 Å². The number of alkyl halides is 5. The molecule has 4 heterocycles. The molecule has 2 aromatic carbocycles. The van der Waals surface area contributed by atoms with E-state index in [-0.39, 0.29) is 41.4 Å². The van der Waals surface area contributed by atoms with E-state index in [2.05, 4.69) is 42.8 Å². The van der Waals surface area contributed by atoms with Crippen molar-refractivity contribution in [3.05, 3.63) is 64.8 Å². The molecule has 0 aliphatic carbocycles. The average molecular weight is 703 g/mol. The van der Waals surface area contributed by atoms with Crippen molar-refractivity contribution in [2.24, 2.45) is 0 Å². The first-order chi connectivity index (χ1) is 23.9. The molecule has 0 saturated carbocycles. The lowest BCUT2D eigenvalue weighted by Gasteiger charge is -2.41. The first-order valence-electron chi connectivity index (χ1n) is 16.5. The Morgan fingerprint density at radius 3 is 2.44 bits per heavy atom. The van der Waals surface area contributed by atoms with E-state index in [1.165, 1.54) is 25.3 Å². The van der Waals surface area contributed by atoms with Gasteiger partial charge in [0.2, 0.25) is 5.95 Å². The summed E-state index contributed by atoms with van der Waals surface area (Å²) in [5.74, 6) is -1.64. The molecule has 1 aromatic heterocycles. The number of hydrogen-bond donors (Lipinski definition) is 3. The van der Waals surface area contributed by atoms with Gasteiger partial charge in [0.1, 0.15) is 17.1 Å². The first-order valence-corrected chi connectivity index (χ1v) is 16.5. The van der Waals surface area contributed by atoms with Gasteiger partial charge in [-0.05, 0) is 75.6 Å². The second kappa shape index (κ2) is 14.7. The average Bonchev–Trinajstić information content (AvgIpc) is 3.40. The smallest absolute Gasteiger partial charge is 0.421 e. The molecular formula is C34H39F5N8O3. The van der Waals surface area contributed by atoms with E-state index in [9.17, 15) is 31.5 Å². The van der Waals surface area contributed by atoms with Crippen LogP contribution in [0.1, 0.15) is 57.5 Å². The van der Waals surface area contributed by atoms with Gasteiger partial charge >= 0.3 is 6.18 Å². The number of hydrogen-bond acceptors (Lipinski definition) is 9. The quantitative estimate of drug-likeness (QED) is 0.236. The van der Waals surface area contributed by atoms with Crippen molar-refractivity contribution in [2.75, 3.05) is 57.5 Å². The molecule has 268 valence electrons. The standard InChI is InChI=1S/C34H39F5N8O3/c1-45-12-10-23(11-13-45)46-14-8-22(9-15-46)41-31(48)20-6-7-25(27(16-20)50-2)43-33-40-17-24(34(37,38)39)30(44-33)42-26-5-3-4-21-18-47(19-28(35)36)32(49)29(21)26/h3-7,16-17,22-23,28H,8-15,18-19H2,1-2H3,(H,41,48)(H2,40,42,43,44). The Morgan fingerprint density at radius 1 is 1.02 bits per heavy atom. The van der Waals surface area contributed by atoms with Crippen LogP contribution in [-0.2, 0) is 12.7 Å². The number of fused-ring (bicyclic) bond motifs is 1. The fourth-order valence-electron chi connectivity index (χ4n) is 6.80. The van der Waals surface area contributed by atoms with Gasteiger partial charge in [0.05, 0.1) is 30.6 Å². The summed E-state index contributed by atoms with van der Waals surface area (Å²) in [7, 11) is 3.54. The molecule has 3 aromatic rings. The van der Waals surface area contributed by atoms with Crippen LogP contribution >= 0.6 is 0 Å². The third kappa shape index (κ3) is 7.91. The SMILES string of the molecule is COc1cc(C(=O)NC2CCN(C3CCN(C)CC3)CC2)ccc1Nc1ncc(C(F)(F)F)c(Nc2cccc3c2C(=O)N(CC(F)F)C3)n1. The lowest BCUT2D eigenvalue weighted by molar-refractivity contribution is -0.137. The number of carbonyl (C=O) groups is 2. The molecule has 50 heavy (non-hydrogen) atoms. The van der Waals surface area contributed by atoms with Crippen molar-refractivity contribution in [1.82, 2.24) is 30.0 Å². The molecule has 0 spiro atoms. The van der Waals surface area contributed by atoms with Crippen molar-refractivity contribution in [3.8, 4) is 5.75 Å². The molecule has 3 aliphatic rings. The van der Waals surface area contributed by atoms with Gasteiger partial charge in [-0.1, -0.05) is 12.1 Å². The minimum absolute atomic E-state index is 0.00673. The maximum absolute atomic E-state index is 14.0.